The maximum absolute atomic E-state index is 13.2. The molecule has 12 heteroatoms. The number of carbonyl (C=O) groups is 1. The largest absolute Gasteiger partial charge is 0.861 e. The monoisotopic (exact) mass is 568 g/mol. The zero-order valence-electron chi connectivity index (χ0n) is 19.0. The first-order chi connectivity index (χ1) is 17.6. The van der Waals surface area contributed by atoms with Gasteiger partial charge in [-0.15, -0.1) is 5.01 Å². The van der Waals surface area contributed by atoms with Gasteiger partial charge in [0.2, 0.25) is 5.27 Å². The number of nitrogens with zero attached hydrogens (tertiary/aromatic N) is 6. The molecular weight excluding hydrogens is 548 g/mol. The number of hydrogen-bond acceptors (Lipinski definition) is 9. The van der Waals surface area contributed by atoms with E-state index in [0.29, 0.717) is 37.2 Å². The molecule has 0 unspecified atom stereocenters. The molecule has 0 bridgehead atoms. The lowest BCUT2D eigenvalue weighted by molar-refractivity contribution is -0.759. The van der Waals surface area contributed by atoms with Crippen molar-refractivity contribution in [2.45, 2.75) is 0 Å². The van der Waals surface area contributed by atoms with E-state index in [1.54, 1.807) is 12.3 Å². The first-order valence-corrected chi connectivity index (χ1v) is 12.9. The third kappa shape index (κ3) is 5.66. The molecule has 1 amide bonds. The molecule has 3 heterocycles. The Morgan fingerprint density at radius 1 is 1.17 bits per heavy atom. The molecular formula is C24H21BrN6O4S. The molecule has 2 aliphatic rings. The van der Waals surface area contributed by atoms with E-state index in [1.807, 2.05) is 59.6 Å². The molecule has 0 radical (unpaired) electrons. The minimum Gasteiger partial charge on any atom is -0.861 e. The van der Waals surface area contributed by atoms with Gasteiger partial charge in [-0.1, -0.05) is 58.0 Å². The van der Waals surface area contributed by atoms with E-state index in [0.717, 1.165) is 21.8 Å². The molecule has 0 aliphatic carbocycles. The molecule has 184 valence electrons. The Kier molecular flexibility index (Phi) is 7.44. The number of halogens is 1. The Morgan fingerprint density at radius 3 is 2.67 bits per heavy atom. The van der Waals surface area contributed by atoms with Gasteiger partial charge in [0.15, 0.2) is 5.17 Å². The Bertz CT molecular complexity index is 1320. The molecule has 36 heavy (non-hydrogen) atoms. The molecule has 0 spiro atoms. The van der Waals surface area contributed by atoms with Gasteiger partial charge in [-0.2, -0.15) is 0 Å². The molecule has 1 saturated heterocycles. The van der Waals surface area contributed by atoms with Crippen molar-refractivity contribution >= 4 is 62.3 Å². The van der Waals surface area contributed by atoms with Gasteiger partial charge >= 0.3 is 5.88 Å². The number of thioether (sulfide) groups is 1. The van der Waals surface area contributed by atoms with Gasteiger partial charge in [0, 0.05) is 10.2 Å². The lowest BCUT2D eigenvalue weighted by atomic mass is 10.2. The summed E-state index contributed by atoms with van der Waals surface area (Å²) in [4.78, 5) is 24.8. The van der Waals surface area contributed by atoms with Crippen LogP contribution in [0.3, 0.4) is 0 Å². The topological polar surface area (TPSA) is 110 Å². The average Bonchev–Trinajstić information content (AvgIpc) is 3.49. The maximum atomic E-state index is 13.2. The summed E-state index contributed by atoms with van der Waals surface area (Å²) in [6.45, 7) is 2.53. The van der Waals surface area contributed by atoms with Crippen molar-refractivity contribution < 1.29 is 24.0 Å². The fourth-order valence-electron chi connectivity index (χ4n) is 3.57. The molecule has 2 aliphatic heterocycles. The summed E-state index contributed by atoms with van der Waals surface area (Å²) < 4.78 is 11.5. The van der Waals surface area contributed by atoms with Gasteiger partial charge in [-0.05, 0) is 41.8 Å². The summed E-state index contributed by atoms with van der Waals surface area (Å²) >= 11 is 4.55. The number of aliphatic imine (C=N–C) groups is 2. The Hall–Kier alpha value is -3.48. The van der Waals surface area contributed by atoms with Crippen LogP contribution in [-0.4, -0.2) is 54.3 Å². The second-order valence-corrected chi connectivity index (χ2v) is 9.63. The number of amidine groups is 1. The number of carbonyl (C=O) groups excluding carboxylic acids is 1. The fourth-order valence-corrected chi connectivity index (χ4v) is 4.63. The van der Waals surface area contributed by atoms with Gasteiger partial charge < -0.3 is 9.84 Å². The Labute approximate surface area is 219 Å². The van der Waals surface area contributed by atoms with Crippen LogP contribution in [-0.2, 0) is 9.53 Å². The molecule has 10 nitrogen and oxygen atoms in total. The number of benzene rings is 2. The molecule has 1 fully saturated rings. The molecule has 0 N–H and O–H groups in total. The quantitative estimate of drug-likeness (QED) is 0.194. The number of rotatable bonds is 6. The van der Waals surface area contributed by atoms with E-state index < -0.39 is 5.90 Å². The number of aromatic nitrogens is 2. The molecule has 1 aromatic heterocycles. The van der Waals surface area contributed by atoms with Crippen LogP contribution >= 0.6 is 27.7 Å². The minimum atomic E-state index is -0.432. The first kappa shape index (κ1) is 24.2. The van der Waals surface area contributed by atoms with Crippen LogP contribution in [0.2, 0.25) is 0 Å². The number of ether oxygens (including phenoxy) is 1. The lowest BCUT2D eigenvalue weighted by Gasteiger charge is -2.18. The highest BCUT2D eigenvalue weighted by molar-refractivity contribution is 9.10. The number of para-hydroxylation sites is 1. The van der Waals surface area contributed by atoms with Gasteiger partial charge in [0.1, 0.15) is 5.70 Å². The number of amides is 1. The summed E-state index contributed by atoms with van der Waals surface area (Å²) in [5.41, 5.74) is 1.79. The van der Waals surface area contributed by atoms with Crippen molar-refractivity contribution in [1.29, 1.82) is 0 Å². The standard InChI is InChI=1S/C24H21BrN6O4S/c25-18-8-6-17(7-9-18)14-20-23(33)31(19-4-2-1-3-5-19)24(26-20)36-16-21(32)27-22-15-30(28-35-22)29-10-12-34-13-11-29/h1-9,14-15H,10-13,16H2/b20-14+. The first-order valence-electron chi connectivity index (χ1n) is 11.1. The van der Waals surface area contributed by atoms with E-state index in [-0.39, 0.29) is 23.2 Å². The van der Waals surface area contributed by atoms with E-state index in [2.05, 4.69) is 31.2 Å². The predicted molar refractivity (Wildman–Crippen MR) is 139 cm³/mol. The van der Waals surface area contributed by atoms with Gasteiger partial charge in [-0.3, -0.25) is 14.2 Å². The smallest absolute Gasteiger partial charge is 0.324 e. The highest BCUT2D eigenvalue weighted by Crippen LogP contribution is 2.29. The van der Waals surface area contributed by atoms with E-state index >= 15 is 0 Å². The summed E-state index contributed by atoms with van der Waals surface area (Å²) in [6.07, 6.45) is 3.28. The summed E-state index contributed by atoms with van der Waals surface area (Å²) in [5.74, 6) is -0.622. The summed E-state index contributed by atoms with van der Waals surface area (Å²) in [5, 5.41) is 18.8. The molecule has 2 aromatic carbocycles. The van der Waals surface area contributed by atoms with Crippen molar-refractivity contribution in [2.75, 3.05) is 42.0 Å². The molecule has 0 saturated carbocycles. The normalized spacial score (nSPS) is 17.7. The molecule has 3 aromatic rings. The highest BCUT2D eigenvalue weighted by atomic mass is 79.9. The van der Waals surface area contributed by atoms with E-state index in [1.165, 1.54) is 9.69 Å². The van der Waals surface area contributed by atoms with Crippen molar-refractivity contribution in [3.63, 3.8) is 0 Å². The van der Waals surface area contributed by atoms with Crippen molar-refractivity contribution in [2.24, 2.45) is 9.98 Å². The van der Waals surface area contributed by atoms with Gasteiger partial charge in [0.25, 0.3) is 12.1 Å². The predicted octanol–water partition coefficient (Wildman–Crippen LogP) is 2.26. The Balaban J connectivity index is 1.33. The van der Waals surface area contributed by atoms with Crippen LogP contribution < -0.4 is 19.8 Å². The zero-order chi connectivity index (χ0) is 24.9. The van der Waals surface area contributed by atoms with Gasteiger partial charge in [-0.25, -0.2) is 9.98 Å². The van der Waals surface area contributed by atoms with Crippen LogP contribution in [0, 0.1) is 0 Å². The molecule has 0 atom stereocenters. The van der Waals surface area contributed by atoms with Crippen LogP contribution in [0.15, 0.2) is 85.5 Å². The van der Waals surface area contributed by atoms with E-state index in [9.17, 15) is 9.90 Å². The SMILES string of the molecule is O=C1/C(=C\c2ccc(Br)cc2)N=C(SC/C([O-])=N\c2c[n+](N3CCOCC3)no2)N1c1ccccc1. The number of morpholine rings is 1. The van der Waals surface area contributed by atoms with Crippen molar-refractivity contribution in [3.05, 3.63) is 76.5 Å². The Morgan fingerprint density at radius 2 is 1.92 bits per heavy atom. The lowest BCUT2D eigenvalue weighted by Crippen LogP contribution is -2.62. The van der Waals surface area contributed by atoms with Gasteiger partial charge in [0.05, 0.1) is 36.8 Å². The van der Waals surface area contributed by atoms with Crippen LogP contribution in [0.25, 0.3) is 6.08 Å². The number of hydrogen-bond donors (Lipinski definition) is 0. The van der Waals surface area contributed by atoms with Crippen LogP contribution in [0.5, 0.6) is 0 Å². The third-order valence-electron chi connectivity index (χ3n) is 5.30. The summed E-state index contributed by atoms with van der Waals surface area (Å²) in [6, 6.07) is 16.8. The highest BCUT2D eigenvalue weighted by Gasteiger charge is 2.32. The third-order valence-corrected chi connectivity index (χ3v) is 6.75. The fraction of sp³-hybridized carbons (Fsp3) is 0.208. The zero-order valence-corrected chi connectivity index (χ0v) is 21.4. The minimum absolute atomic E-state index is 0.0285. The average molecular weight is 569 g/mol. The van der Waals surface area contributed by atoms with Crippen LogP contribution in [0.1, 0.15) is 5.56 Å². The second kappa shape index (κ2) is 11.1. The second-order valence-electron chi connectivity index (χ2n) is 7.77. The van der Waals surface area contributed by atoms with Crippen molar-refractivity contribution in [3.8, 4) is 0 Å². The van der Waals surface area contributed by atoms with E-state index in [4.69, 9.17) is 9.26 Å². The maximum Gasteiger partial charge on any atom is 0.324 e. The summed E-state index contributed by atoms with van der Waals surface area (Å²) in [7, 11) is 0. The van der Waals surface area contributed by atoms with Crippen molar-refractivity contribution in [1.82, 2.24) is 5.27 Å². The van der Waals surface area contributed by atoms with Crippen LogP contribution in [0.4, 0.5) is 11.6 Å². The number of anilines is 1. The molecule has 5 rings (SSSR count).